The number of esters is 1. The number of nitrogens with two attached hydrogens (primary N) is 1. The zero-order chi connectivity index (χ0) is 16.3. The molecule has 0 atom stereocenters. The molecule has 0 aliphatic heterocycles. The van der Waals surface area contributed by atoms with E-state index in [1.807, 2.05) is 13.8 Å². The highest BCUT2D eigenvalue weighted by Crippen LogP contribution is 2.22. The highest BCUT2D eigenvalue weighted by atomic mass is 35.5. The number of sulfonamides is 1. The largest absolute Gasteiger partial charge is 0.460 e. The monoisotopic (exact) mass is 354 g/mol. The van der Waals surface area contributed by atoms with Gasteiger partial charge in [0.15, 0.2) is 0 Å². The molecule has 1 aromatic rings. The summed E-state index contributed by atoms with van der Waals surface area (Å²) in [6.45, 7) is 6.16. The van der Waals surface area contributed by atoms with Gasteiger partial charge in [-0.1, -0.05) is 13.8 Å². The number of nitrogens with zero attached hydrogens (tertiary/aromatic N) is 1. The summed E-state index contributed by atoms with van der Waals surface area (Å²) in [6, 6.07) is 2.53. The lowest BCUT2D eigenvalue weighted by Gasteiger charge is -2.27. The molecule has 0 spiro atoms. The number of rotatable bonds is 7. The van der Waals surface area contributed by atoms with Crippen LogP contribution in [0.3, 0.4) is 0 Å². The summed E-state index contributed by atoms with van der Waals surface area (Å²) in [5.74, 6) is -0.828. The topological polar surface area (TPSA) is 103 Å². The summed E-state index contributed by atoms with van der Waals surface area (Å²) in [5.41, 5.74) is 5.24. The Labute approximate surface area is 137 Å². The van der Waals surface area contributed by atoms with Crippen LogP contribution in [0.25, 0.3) is 0 Å². The van der Waals surface area contributed by atoms with Crippen LogP contribution in [0.1, 0.15) is 31.3 Å². The van der Waals surface area contributed by atoms with E-state index in [0.717, 1.165) is 4.31 Å². The number of hydrogen-bond acceptors (Lipinski definition) is 6. The minimum absolute atomic E-state index is 0. The number of carbonyl (C=O) groups excluding carboxylic acids is 1. The van der Waals surface area contributed by atoms with Crippen LogP contribution in [0.15, 0.2) is 21.6 Å². The average Bonchev–Trinajstić information content (AvgIpc) is 2.88. The van der Waals surface area contributed by atoms with E-state index < -0.39 is 16.0 Å². The summed E-state index contributed by atoms with van der Waals surface area (Å²) >= 11 is 0. The lowest BCUT2D eigenvalue weighted by Crippen LogP contribution is -2.39. The minimum Gasteiger partial charge on any atom is -0.460 e. The number of carbonyl (C=O) groups is 1. The van der Waals surface area contributed by atoms with Gasteiger partial charge in [0.25, 0.3) is 10.0 Å². The first kappa shape index (κ1) is 20.9. The molecule has 0 amide bonds. The normalized spacial score (nSPS) is 12.1. The van der Waals surface area contributed by atoms with Crippen molar-refractivity contribution in [3.05, 3.63) is 17.9 Å². The van der Waals surface area contributed by atoms with E-state index in [9.17, 15) is 13.2 Å². The van der Waals surface area contributed by atoms with Crippen LogP contribution < -0.4 is 5.73 Å². The van der Waals surface area contributed by atoms with Crippen LogP contribution in [0, 0.1) is 5.41 Å². The summed E-state index contributed by atoms with van der Waals surface area (Å²) in [6.07, 6.45) is 0. The maximum absolute atomic E-state index is 12.4. The first-order valence-corrected chi connectivity index (χ1v) is 8.01. The number of ether oxygens (including phenoxy) is 1. The second-order valence-corrected chi connectivity index (χ2v) is 7.44. The van der Waals surface area contributed by atoms with Gasteiger partial charge in [0.1, 0.15) is 0 Å². The van der Waals surface area contributed by atoms with Crippen molar-refractivity contribution in [2.45, 2.75) is 25.9 Å². The van der Waals surface area contributed by atoms with Gasteiger partial charge in [-0.2, -0.15) is 4.31 Å². The number of halogens is 1. The second-order valence-electron chi connectivity index (χ2n) is 5.47. The van der Waals surface area contributed by atoms with Gasteiger partial charge >= 0.3 is 5.97 Å². The minimum atomic E-state index is -3.81. The van der Waals surface area contributed by atoms with E-state index in [2.05, 4.69) is 0 Å². The van der Waals surface area contributed by atoms with E-state index in [1.54, 1.807) is 6.92 Å². The summed E-state index contributed by atoms with van der Waals surface area (Å²) in [4.78, 5) is 11.5. The fraction of sp³-hybridized carbons (Fsp3) is 0.615. The third kappa shape index (κ3) is 4.98. The molecule has 0 saturated carbocycles. The van der Waals surface area contributed by atoms with Crippen LogP contribution in [0.2, 0.25) is 0 Å². The second kappa shape index (κ2) is 7.96. The smallest absolute Gasteiger partial charge is 0.374 e. The van der Waals surface area contributed by atoms with Gasteiger partial charge in [-0.25, -0.2) is 13.2 Å². The Morgan fingerprint density at radius 2 is 2.00 bits per heavy atom. The molecule has 0 aromatic carbocycles. The van der Waals surface area contributed by atoms with Crippen molar-refractivity contribution in [1.82, 2.24) is 4.31 Å². The zero-order valence-electron chi connectivity index (χ0n) is 13.2. The van der Waals surface area contributed by atoms with Gasteiger partial charge in [-0.05, 0) is 31.0 Å². The molecule has 128 valence electrons. The standard InChI is InChI=1S/C13H22N2O5S.ClH/c1-5-19-12(16)10-6-7-11(20-10)21(17,18)15(4)9-13(2,3)8-14;/h6-7H,5,8-9,14H2,1-4H3;1H. The van der Waals surface area contributed by atoms with Crippen molar-refractivity contribution in [2.75, 3.05) is 26.7 Å². The fourth-order valence-electron chi connectivity index (χ4n) is 1.68. The predicted molar refractivity (Wildman–Crippen MR) is 84.6 cm³/mol. The van der Waals surface area contributed by atoms with Crippen molar-refractivity contribution >= 4 is 28.4 Å². The van der Waals surface area contributed by atoms with Gasteiger partial charge in [0, 0.05) is 13.6 Å². The molecule has 2 N–H and O–H groups in total. The van der Waals surface area contributed by atoms with Crippen LogP contribution in [-0.4, -0.2) is 45.4 Å². The van der Waals surface area contributed by atoms with E-state index in [-0.39, 0.29) is 41.8 Å². The lowest BCUT2D eigenvalue weighted by atomic mass is 9.94. The quantitative estimate of drug-likeness (QED) is 0.744. The zero-order valence-corrected chi connectivity index (χ0v) is 14.8. The Morgan fingerprint density at radius 1 is 1.41 bits per heavy atom. The summed E-state index contributed by atoms with van der Waals surface area (Å²) in [7, 11) is -2.36. The summed E-state index contributed by atoms with van der Waals surface area (Å²) in [5, 5.41) is -0.291. The Bertz CT molecular complexity index is 597. The van der Waals surface area contributed by atoms with Crippen LogP contribution >= 0.6 is 12.4 Å². The molecular weight excluding hydrogens is 332 g/mol. The van der Waals surface area contributed by atoms with Gasteiger partial charge < -0.3 is 14.9 Å². The van der Waals surface area contributed by atoms with Crippen molar-refractivity contribution in [3.8, 4) is 0 Å². The molecule has 0 radical (unpaired) electrons. The molecule has 0 aliphatic rings. The third-order valence-electron chi connectivity index (χ3n) is 2.93. The number of furan rings is 1. The van der Waals surface area contributed by atoms with Crippen molar-refractivity contribution < 1.29 is 22.4 Å². The SMILES string of the molecule is CCOC(=O)c1ccc(S(=O)(=O)N(C)CC(C)(C)CN)o1.Cl. The molecule has 9 heteroatoms. The molecule has 22 heavy (non-hydrogen) atoms. The van der Waals surface area contributed by atoms with Gasteiger partial charge in [0.2, 0.25) is 10.9 Å². The molecule has 0 bridgehead atoms. The van der Waals surface area contributed by atoms with Crippen molar-refractivity contribution in [3.63, 3.8) is 0 Å². The van der Waals surface area contributed by atoms with Gasteiger partial charge in [0.05, 0.1) is 6.61 Å². The van der Waals surface area contributed by atoms with Crippen LogP contribution in [0.5, 0.6) is 0 Å². The molecule has 1 rings (SSSR count). The van der Waals surface area contributed by atoms with Gasteiger partial charge in [-0.3, -0.25) is 0 Å². The highest BCUT2D eigenvalue weighted by molar-refractivity contribution is 7.89. The average molecular weight is 355 g/mol. The van der Waals surface area contributed by atoms with Crippen LogP contribution in [-0.2, 0) is 14.8 Å². The molecule has 1 aromatic heterocycles. The Hall–Kier alpha value is -1.09. The molecule has 7 nitrogen and oxygen atoms in total. The molecule has 0 saturated heterocycles. The maximum atomic E-state index is 12.4. The highest BCUT2D eigenvalue weighted by Gasteiger charge is 2.30. The fourth-order valence-corrected chi connectivity index (χ4v) is 2.94. The van der Waals surface area contributed by atoms with E-state index in [1.165, 1.54) is 19.2 Å². The first-order chi connectivity index (χ1) is 9.64. The number of hydrogen-bond donors (Lipinski definition) is 1. The maximum Gasteiger partial charge on any atom is 0.374 e. The Kier molecular flexibility index (Phi) is 7.56. The van der Waals surface area contributed by atoms with E-state index >= 15 is 0 Å². The van der Waals surface area contributed by atoms with Crippen LogP contribution in [0.4, 0.5) is 0 Å². The molecular formula is C13H23ClN2O5S. The predicted octanol–water partition coefficient (Wildman–Crippen LogP) is 1.48. The van der Waals surface area contributed by atoms with Crippen molar-refractivity contribution in [1.29, 1.82) is 0 Å². The summed E-state index contributed by atoms with van der Waals surface area (Å²) < 4.78 is 35.7. The van der Waals surface area contributed by atoms with Gasteiger partial charge in [-0.15, -0.1) is 12.4 Å². The third-order valence-corrected chi connectivity index (χ3v) is 4.60. The Morgan fingerprint density at radius 3 is 2.50 bits per heavy atom. The van der Waals surface area contributed by atoms with E-state index in [4.69, 9.17) is 14.9 Å². The van der Waals surface area contributed by atoms with E-state index in [0.29, 0.717) is 6.54 Å². The van der Waals surface area contributed by atoms with Crippen molar-refractivity contribution in [2.24, 2.45) is 11.1 Å². The lowest BCUT2D eigenvalue weighted by molar-refractivity contribution is 0.0483. The first-order valence-electron chi connectivity index (χ1n) is 6.57. The molecule has 0 aliphatic carbocycles. The Balaban J connectivity index is 0.00000441. The molecule has 0 unspecified atom stereocenters. The molecule has 1 heterocycles. The molecule has 0 fully saturated rings.